The Morgan fingerprint density at radius 1 is 1.17 bits per heavy atom. The van der Waals surface area contributed by atoms with Gasteiger partial charge >= 0.3 is 0 Å². The fourth-order valence-electron chi connectivity index (χ4n) is 4.88. The highest BCUT2D eigenvalue weighted by molar-refractivity contribution is 6.19. The molecule has 0 spiro atoms. The lowest BCUT2D eigenvalue weighted by molar-refractivity contribution is -0.127. The van der Waals surface area contributed by atoms with Gasteiger partial charge in [-0.15, -0.1) is 0 Å². The average Bonchev–Trinajstić information content (AvgIpc) is 3.30. The first kappa shape index (κ1) is 19.6. The molecule has 1 N–H and O–H groups in total. The number of carbonyl (C=O) groups is 2. The highest BCUT2D eigenvalue weighted by Gasteiger charge is 2.33. The van der Waals surface area contributed by atoms with Gasteiger partial charge in [0.2, 0.25) is 11.8 Å². The number of amides is 2. The molecule has 0 aliphatic carbocycles. The molecule has 0 bridgehead atoms. The van der Waals surface area contributed by atoms with Gasteiger partial charge in [-0.05, 0) is 63.9 Å². The van der Waals surface area contributed by atoms with Crippen LogP contribution < -0.4 is 10.2 Å². The van der Waals surface area contributed by atoms with Gasteiger partial charge in [-0.1, -0.05) is 18.2 Å². The third-order valence-electron chi connectivity index (χ3n) is 6.09. The molecular weight excluding hydrogens is 362 g/mol. The van der Waals surface area contributed by atoms with E-state index in [1.807, 2.05) is 19.9 Å². The highest BCUT2D eigenvalue weighted by Crippen LogP contribution is 2.40. The second-order valence-corrected chi connectivity index (χ2v) is 8.42. The molecule has 1 unspecified atom stereocenters. The number of benzene rings is 2. The first-order chi connectivity index (χ1) is 13.8. The fraction of sp³-hybridized carbons (Fsp3) is 0.417. The van der Waals surface area contributed by atoms with Crippen molar-refractivity contribution < 1.29 is 9.59 Å². The summed E-state index contributed by atoms with van der Waals surface area (Å²) in [5, 5.41) is 5.52. The number of fused-ring (bicyclic) bond motifs is 3. The Morgan fingerprint density at radius 2 is 1.90 bits per heavy atom. The summed E-state index contributed by atoms with van der Waals surface area (Å²) in [7, 11) is 0. The van der Waals surface area contributed by atoms with Crippen molar-refractivity contribution in [1.29, 1.82) is 0 Å². The van der Waals surface area contributed by atoms with E-state index in [1.165, 1.54) is 17.3 Å². The summed E-state index contributed by atoms with van der Waals surface area (Å²) in [6.45, 7) is 11.3. The lowest BCUT2D eigenvalue weighted by Gasteiger charge is -2.26. The molecule has 2 aromatic carbocycles. The summed E-state index contributed by atoms with van der Waals surface area (Å²) in [5.41, 5.74) is 5.02. The number of aromatic nitrogens is 1. The van der Waals surface area contributed by atoms with Gasteiger partial charge in [0.05, 0.1) is 17.1 Å². The lowest BCUT2D eigenvalue weighted by atomic mass is 9.99. The molecule has 0 radical (unpaired) electrons. The van der Waals surface area contributed by atoms with Crippen LogP contribution >= 0.6 is 0 Å². The number of hydrogen-bond acceptors (Lipinski definition) is 3. The number of hydrogen-bond donors (Lipinski definition) is 1. The molecule has 1 saturated heterocycles. The van der Waals surface area contributed by atoms with Gasteiger partial charge in [0.1, 0.15) is 0 Å². The van der Waals surface area contributed by atoms with E-state index < -0.39 is 0 Å². The van der Waals surface area contributed by atoms with E-state index in [4.69, 9.17) is 0 Å². The predicted octanol–water partition coefficient (Wildman–Crippen LogP) is 4.48. The van der Waals surface area contributed by atoms with Crippen LogP contribution in [0.4, 0.5) is 5.69 Å². The third kappa shape index (κ3) is 3.04. The van der Waals surface area contributed by atoms with Gasteiger partial charge < -0.3 is 9.88 Å². The molecule has 3 aromatic rings. The number of aryl methyl sites for hydroxylation is 2. The smallest absolute Gasteiger partial charge is 0.238 e. The standard InChI is InChI=1S/C24H29N3O2/c1-14(2)26-20-9-7-6-8-19(20)22-16(4)23(15(3)12-21(22)26)27(17(5)28)24(29)18-10-11-25-13-18/h6-9,12,14,18,25H,10-11,13H2,1-5H3. The minimum Gasteiger partial charge on any atom is -0.338 e. The maximum absolute atomic E-state index is 13.3. The average molecular weight is 392 g/mol. The SMILES string of the molecule is CC(=O)N(C(=O)C1CCNC1)c1c(C)cc2c(c1C)c1ccccc1n2C(C)C. The van der Waals surface area contributed by atoms with Crippen LogP contribution in [0.1, 0.15) is 44.4 Å². The van der Waals surface area contributed by atoms with Crippen molar-refractivity contribution >= 4 is 39.3 Å². The summed E-state index contributed by atoms with van der Waals surface area (Å²) in [6.07, 6.45) is 0.773. The largest absolute Gasteiger partial charge is 0.338 e. The summed E-state index contributed by atoms with van der Waals surface area (Å²) < 4.78 is 2.34. The Bertz CT molecular complexity index is 1120. The van der Waals surface area contributed by atoms with E-state index >= 15 is 0 Å². The molecule has 29 heavy (non-hydrogen) atoms. The number of para-hydroxylation sites is 1. The van der Waals surface area contributed by atoms with Crippen LogP contribution in [0.3, 0.4) is 0 Å². The van der Waals surface area contributed by atoms with Crippen molar-refractivity contribution in [1.82, 2.24) is 9.88 Å². The minimum absolute atomic E-state index is 0.0966. The van der Waals surface area contributed by atoms with Crippen molar-refractivity contribution in [3.63, 3.8) is 0 Å². The topological polar surface area (TPSA) is 54.3 Å². The van der Waals surface area contributed by atoms with Crippen molar-refractivity contribution in [3.05, 3.63) is 41.5 Å². The molecule has 0 saturated carbocycles. The second kappa shape index (κ2) is 7.30. The monoisotopic (exact) mass is 391 g/mol. The Labute approximate surface area is 171 Å². The first-order valence-electron chi connectivity index (χ1n) is 10.4. The number of imide groups is 1. The predicted molar refractivity (Wildman–Crippen MR) is 118 cm³/mol. The van der Waals surface area contributed by atoms with Gasteiger partial charge in [-0.2, -0.15) is 0 Å². The van der Waals surface area contributed by atoms with Gasteiger partial charge in [0.15, 0.2) is 0 Å². The van der Waals surface area contributed by atoms with Crippen molar-refractivity contribution in [2.24, 2.45) is 5.92 Å². The summed E-state index contributed by atoms with van der Waals surface area (Å²) in [4.78, 5) is 27.3. The number of rotatable bonds is 3. The van der Waals surface area contributed by atoms with Gasteiger partial charge in [0.25, 0.3) is 0 Å². The fourth-order valence-corrected chi connectivity index (χ4v) is 4.88. The Morgan fingerprint density at radius 3 is 2.52 bits per heavy atom. The maximum Gasteiger partial charge on any atom is 0.238 e. The minimum atomic E-state index is -0.222. The highest BCUT2D eigenvalue weighted by atomic mass is 16.2. The Balaban J connectivity index is 2.01. The molecular formula is C24H29N3O2. The van der Waals surface area contributed by atoms with Crippen molar-refractivity contribution in [3.8, 4) is 0 Å². The van der Waals surface area contributed by atoms with Gasteiger partial charge in [-0.25, -0.2) is 4.90 Å². The van der Waals surface area contributed by atoms with Crippen LogP contribution in [0.25, 0.3) is 21.8 Å². The summed E-state index contributed by atoms with van der Waals surface area (Å²) >= 11 is 0. The van der Waals surface area contributed by atoms with Crippen LogP contribution in [0.15, 0.2) is 30.3 Å². The van der Waals surface area contributed by atoms with Gasteiger partial charge in [-0.3, -0.25) is 9.59 Å². The van der Waals surface area contributed by atoms with E-state index in [2.05, 4.69) is 48.0 Å². The lowest BCUT2D eigenvalue weighted by Crippen LogP contribution is -2.41. The molecule has 2 heterocycles. The number of carbonyl (C=O) groups excluding carboxylic acids is 2. The van der Waals surface area contributed by atoms with Crippen molar-refractivity contribution in [2.45, 2.75) is 47.1 Å². The molecule has 5 nitrogen and oxygen atoms in total. The number of nitrogens with zero attached hydrogens (tertiary/aromatic N) is 2. The zero-order chi connectivity index (χ0) is 20.9. The van der Waals surface area contributed by atoms with E-state index in [1.54, 1.807) is 0 Å². The van der Waals surface area contributed by atoms with Crippen LogP contribution in [-0.4, -0.2) is 29.5 Å². The van der Waals surface area contributed by atoms with Crippen LogP contribution in [0, 0.1) is 19.8 Å². The van der Waals surface area contributed by atoms with Crippen molar-refractivity contribution in [2.75, 3.05) is 18.0 Å². The zero-order valence-corrected chi connectivity index (χ0v) is 17.9. The molecule has 1 aliphatic heterocycles. The summed E-state index contributed by atoms with van der Waals surface area (Å²) in [6, 6.07) is 10.8. The van der Waals surface area contributed by atoms with Crippen LogP contribution in [0.2, 0.25) is 0 Å². The molecule has 152 valence electrons. The molecule has 5 heteroatoms. The number of nitrogens with one attached hydrogen (secondary N) is 1. The Hall–Kier alpha value is -2.66. The van der Waals surface area contributed by atoms with Gasteiger partial charge in [0, 0.05) is 35.8 Å². The quantitative estimate of drug-likeness (QED) is 0.716. The molecule has 1 atom stereocenters. The molecule has 1 aromatic heterocycles. The number of anilines is 1. The van der Waals surface area contributed by atoms with Crippen LogP contribution in [0.5, 0.6) is 0 Å². The van der Waals surface area contributed by atoms with Crippen LogP contribution in [-0.2, 0) is 9.59 Å². The molecule has 1 aliphatic rings. The normalized spacial score (nSPS) is 16.8. The Kier molecular flexibility index (Phi) is 4.95. The van der Waals surface area contributed by atoms with E-state index in [0.717, 1.165) is 46.1 Å². The second-order valence-electron chi connectivity index (χ2n) is 8.42. The first-order valence-corrected chi connectivity index (χ1v) is 10.4. The molecule has 1 fully saturated rings. The summed E-state index contributed by atoms with van der Waals surface area (Å²) in [5.74, 6) is -0.467. The zero-order valence-electron chi connectivity index (χ0n) is 17.9. The van der Waals surface area contributed by atoms with E-state index in [9.17, 15) is 9.59 Å². The van der Waals surface area contributed by atoms with E-state index in [-0.39, 0.29) is 17.7 Å². The molecule has 4 rings (SSSR count). The third-order valence-corrected chi connectivity index (χ3v) is 6.09. The maximum atomic E-state index is 13.3. The molecule has 2 amide bonds. The van der Waals surface area contributed by atoms with E-state index in [0.29, 0.717) is 12.6 Å².